The molecule has 5 nitrogen and oxygen atoms in total. The predicted octanol–water partition coefficient (Wildman–Crippen LogP) is 5.32. The van der Waals surface area contributed by atoms with Crippen molar-refractivity contribution in [1.29, 1.82) is 0 Å². The van der Waals surface area contributed by atoms with Gasteiger partial charge in [-0.25, -0.2) is 4.98 Å². The highest BCUT2D eigenvalue weighted by atomic mass is 35.5. The molecule has 3 N–H and O–H groups in total. The maximum atomic E-state index is 6.02. The van der Waals surface area contributed by atoms with Crippen molar-refractivity contribution in [3.05, 3.63) is 89.2 Å². The van der Waals surface area contributed by atoms with Crippen LogP contribution >= 0.6 is 23.8 Å². The van der Waals surface area contributed by atoms with Crippen molar-refractivity contribution in [2.75, 3.05) is 11.9 Å². The Balaban J connectivity index is 1.29. The van der Waals surface area contributed by atoms with Crippen molar-refractivity contribution < 1.29 is 4.74 Å². The van der Waals surface area contributed by atoms with E-state index in [2.05, 4.69) is 32.7 Å². The van der Waals surface area contributed by atoms with Crippen molar-refractivity contribution >= 4 is 45.7 Å². The third-order valence-electron chi connectivity index (χ3n) is 4.50. The van der Waals surface area contributed by atoms with E-state index in [4.69, 9.17) is 28.6 Å². The predicted molar refractivity (Wildman–Crippen MR) is 126 cm³/mol. The second-order valence-corrected chi connectivity index (χ2v) is 7.62. The number of H-pyrrole nitrogens is 1. The number of hydrogen-bond donors (Lipinski definition) is 3. The van der Waals surface area contributed by atoms with Crippen LogP contribution in [0.2, 0.25) is 5.02 Å². The van der Waals surface area contributed by atoms with E-state index in [0.717, 1.165) is 41.3 Å². The zero-order chi connectivity index (χ0) is 20.8. The lowest BCUT2D eigenvalue weighted by atomic mass is 10.1. The molecule has 0 fully saturated rings. The van der Waals surface area contributed by atoms with E-state index < -0.39 is 0 Å². The molecule has 152 valence electrons. The SMILES string of the molecule is S=C(NCCc1ccccc1)Nc1cccc(OCc2nc3ccc(Cl)cc3[nH]2)c1. The molecule has 0 atom stereocenters. The largest absolute Gasteiger partial charge is 0.486 e. The summed E-state index contributed by atoms with van der Waals surface area (Å²) in [7, 11) is 0. The number of imidazole rings is 1. The Morgan fingerprint density at radius 1 is 1.03 bits per heavy atom. The Morgan fingerprint density at radius 3 is 2.77 bits per heavy atom. The first-order valence-corrected chi connectivity index (χ1v) is 10.4. The number of ether oxygens (including phenoxy) is 1. The molecule has 4 aromatic rings. The number of nitrogens with zero attached hydrogens (tertiary/aromatic N) is 1. The van der Waals surface area contributed by atoms with Gasteiger partial charge in [0.05, 0.1) is 11.0 Å². The molecule has 4 rings (SSSR count). The van der Waals surface area contributed by atoms with E-state index in [1.807, 2.05) is 60.7 Å². The van der Waals surface area contributed by atoms with Crippen LogP contribution in [0.4, 0.5) is 5.69 Å². The van der Waals surface area contributed by atoms with Gasteiger partial charge in [0.15, 0.2) is 5.11 Å². The second kappa shape index (κ2) is 9.61. The summed E-state index contributed by atoms with van der Waals surface area (Å²) < 4.78 is 5.88. The number of halogens is 1. The molecule has 0 saturated heterocycles. The first-order valence-electron chi connectivity index (χ1n) is 9.61. The standard InChI is InChI=1S/C23H21ClN4OS/c24-17-9-10-20-21(13-17)28-22(27-20)15-29-19-8-4-7-18(14-19)26-23(30)25-12-11-16-5-2-1-3-6-16/h1-10,13-14H,11-12,15H2,(H,27,28)(H2,25,26,30). The molecule has 0 unspecified atom stereocenters. The summed E-state index contributed by atoms with van der Waals surface area (Å²) in [6.45, 7) is 1.09. The molecular weight excluding hydrogens is 416 g/mol. The van der Waals surface area contributed by atoms with E-state index in [1.54, 1.807) is 0 Å². The minimum absolute atomic E-state index is 0.329. The van der Waals surface area contributed by atoms with Gasteiger partial charge in [-0.15, -0.1) is 0 Å². The summed E-state index contributed by atoms with van der Waals surface area (Å²) >= 11 is 11.4. The van der Waals surface area contributed by atoms with Gasteiger partial charge in [0.25, 0.3) is 0 Å². The van der Waals surface area contributed by atoms with Crippen molar-refractivity contribution in [3.8, 4) is 5.75 Å². The molecule has 3 aromatic carbocycles. The van der Waals surface area contributed by atoms with Crippen LogP contribution in [-0.2, 0) is 13.0 Å². The van der Waals surface area contributed by atoms with Crippen molar-refractivity contribution in [1.82, 2.24) is 15.3 Å². The number of rotatable bonds is 7. The van der Waals surface area contributed by atoms with Gasteiger partial charge in [-0.05, 0) is 54.5 Å². The highest BCUT2D eigenvalue weighted by Gasteiger charge is 2.05. The van der Waals surface area contributed by atoms with E-state index in [0.29, 0.717) is 16.7 Å². The molecule has 1 aromatic heterocycles. The molecule has 0 spiro atoms. The van der Waals surface area contributed by atoms with Crippen LogP contribution in [0.5, 0.6) is 5.75 Å². The highest BCUT2D eigenvalue weighted by Crippen LogP contribution is 2.20. The lowest BCUT2D eigenvalue weighted by Gasteiger charge is -2.12. The smallest absolute Gasteiger partial charge is 0.170 e. The molecule has 0 aliphatic rings. The Morgan fingerprint density at radius 2 is 1.90 bits per heavy atom. The number of thiocarbonyl (C=S) groups is 1. The minimum Gasteiger partial charge on any atom is -0.486 e. The summed E-state index contributed by atoms with van der Waals surface area (Å²) in [4.78, 5) is 7.74. The monoisotopic (exact) mass is 436 g/mol. The molecule has 0 aliphatic carbocycles. The summed E-state index contributed by atoms with van der Waals surface area (Å²) in [5.41, 5.74) is 3.89. The summed E-state index contributed by atoms with van der Waals surface area (Å²) in [6.07, 6.45) is 0.911. The van der Waals surface area contributed by atoms with E-state index in [-0.39, 0.29) is 0 Å². The third kappa shape index (κ3) is 5.49. The summed E-state index contributed by atoms with van der Waals surface area (Å²) in [6, 6.07) is 23.5. The number of nitrogens with one attached hydrogen (secondary N) is 3. The van der Waals surface area contributed by atoms with E-state index in [1.165, 1.54) is 5.56 Å². The Kier molecular flexibility index (Phi) is 6.47. The zero-order valence-electron chi connectivity index (χ0n) is 16.2. The van der Waals surface area contributed by atoms with Crippen LogP contribution in [0, 0.1) is 0 Å². The molecule has 0 saturated carbocycles. The van der Waals surface area contributed by atoms with Crippen LogP contribution in [0.3, 0.4) is 0 Å². The maximum Gasteiger partial charge on any atom is 0.170 e. The second-order valence-electron chi connectivity index (χ2n) is 6.78. The van der Waals surface area contributed by atoms with Crippen molar-refractivity contribution in [3.63, 3.8) is 0 Å². The Labute approximate surface area is 185 Å². The molecule has 1 heterocycles. The molecular formula is C23H21ClN4OS. The van der Waals surface area contributed by atoms with Gasteiger partial charge >= 0.3 is 0 Å². The topological polar surface area (TPSA) is 62.0 Å². The normalized spacial score (nSPS) is 10.7. The fraction of sp³-hybridized carbons (Fsp3) is 0.130. The molecule has 7 heteroatoms. The Bertz CT molecular complexity index is 1150. The lowest BCUT2D eigenvalue weighted by molar-refractivity contribution is 0.297. The van der Waals surface area contributed by atoms with Gasteiger partial charge in [-0.1, -0.05) is 48.0 Å². The minimum atomic E-state index is 0.329. The van der Waals surface area contributed by atoms with Crippen molar-refractivity contribution in [2.45, 2.75) is 13.0 Å². The van der Waals surface area contributed by atoms with Gasteiger partial charge in [0.2, 0.25) is 0 Å². The number of aromatic amines is 1. The number of anilines is 1. The van der Waals surface area contributed by atoms with Crippen LogP contribution in [0.25, 0.3) is 11.0 Å². The number of benzene rings is 3. The summed E-state index contributed by atoms with van der Waals surface area (Å²) in [5.74, 6) is 1.47. The lowest BCUT2D eigenvalue weighted by Crippen LogP contribution is -2.30. The average Bonchev–Trinajstić information content (AvgIpc) is 3.15. The van der Waals surface area contributed by atoms with Gasteiger partial charge in [-0.2, -0.15) is 0 Å². The Hall–Kier alpha value is -3.09. The fourth-order valence-corrected chi connectivity index (χ4v) is 3.45. The van der Waals surface area contributed by atoms with Gasteiger partial charge in [-0.3, -0.25) is 0 Å². The molecule has 30 heavy (non-hydrogen) atoms. The van der Waals surface area contributed by atoms with Gasteiger partial charge in [0.1, 0.15) is 18.2 Å². The van der Waals surface area contributed by atoms with Crippen LogP contribution < -0.4 is 15.4 Å². The fourth-order valence-electron chi connectivity index (χ4n) is 3.06. The van der Waals surface area contributed by atoms with E-state index >= 15 is 0 Å². The quantitative estimate of drug-likeness (QED) is 0.342. The zero-order valence-corrected chi connectivity index (χ0v) is 17.8. The molecule has 0 aliphatic heterocycles. The van der Waals surface area contributed by atoms with Crippen LogP contribution in [0.15, 0.2) is 72.8 Å². The van der Waals surface area contributed by atoms with Gasteiger partial charge < -0.3 is 20.4 Å². The number of fused-ring (bicyclic) bond motifs is 1. The molecule has 0 amide bonds. The van der Waals surface area contributed by atoms with Crippen LogP contribution in [0.1, 0.15) is 11.4 Å². The maximum absolute atomic E-state index is 6.02. The van der Waals surface area contributed by atoms with Crippen molar-refractivity contribution in [2.24, 2.45) is 0 Å². The molecule has 0 radical (unpaired) electrons. The first-order chi connectivity index (χ1) is 14.7. The third-order valence-corrected chi connectivity index (χ3v) is 4.98. The number of aromatic nitrogens is 2. The van der Waals surface area contributed by atoms with E-state index in [9.17, 15) is 0 Å². The van der Waals surface area contributed by atoms with Gasteiger partial charge in [0, 0.05) is 23.3 Å². The first kappa shape index (κ1) is 20.2. The van der Waals surface area contributed by atoms with Crippen LogP contribution in [-0.4, -0.2) is 21.6 Å². The molecule has 0 bridgehead atoms. The highest BCUT2D eigenvalue weighted by molar-refractivity contribution is 7.80. The summed E-state index contributed by atoms with van der Waals surface area (Å²) in [5, 5.41) is 7.68. The number of hydrogen-bond acceptors (Lipinski definition) is 3. The average molecular weight is 437 g/mol.